The zero-order valence-corrected chi connectivity index (χ0v) is 13.0. The van der Waals surface area contributed by atoms with E-state index in [4.69, 9.17) is 10.5 Å². The van der Waals surface area contributed by atoms with E-state index in [0.717, 1.165) is 6.61 Å². The van der Waals surface area contributed by atoms with Crippen LogP contribution in [0.25, 0.3) is 0 Å². The van der Waals surface area contributed by atoms with Gasteiger partial charge in [-0.2, -0.15) is 9.40 Å². The third-order valence-corrected chi connectivity index (χ3v) is 5.60. The normalized spacial score (nSPS) is 16.0. The molecule has 0 amide bonds. The lowest BCUT2D eigenvalue weighted by Crippen LogP contribution is -2.31. The SMILES string of the molecule is Cc1c(S(=O)(=O)N(C)CCOCC2CC2)c(N)nn1C. The van der Waals surface area contributed by atoms with E-state index in [1.54, 1.807) is 14.0 Å². The summed E-state index contributed by atoms with van der Waals surface area (Å²) in [5.74, 6) is 0.712. The molecule has 2 N–H and O–H groups in total. The van der Waals surface area contributed by atoms with Crippen molar-refractivity contribution in [2.24, 2.45) is 13.0 Å². The Kier molecular flexibility index (Phi) is 4.36. The first-order chi connectivity index (χ1) is 9.34. The second-order valence-corrected chi connectivity index (χ2v) is 7.25. The van der Waals surface area contributed by atoms with Crippen LogP contribution in [0, 0.1) is 12.8 Å². The summed E-state index contributed by atoms with van der Waals surface area (Å²) < 4.78 is 33.1. The molecule has 0 spiro atoms. The zero-order chi connectivity index (χ0) is 14.9. The molecule has 1 fully saturated rings. The number of hydrogen-bond donors (Lipinski definition) is 1. The smallest absolute Gasteiger partial charge is 0.248 e. The maximum absolute atomic E-state index is 12.5. The summed E-state index contributed by atoms with van der Waals surface area (Å²) in [6.07, 6.45) is 2.44. The Labute approximate surface area is 119 Å². The van der Waals surface area contributed by atoms with Crippen molar-refractivity contribution in [1.82, 2.24) is 14.1 Å². The molecule has 1 heterocycles. The molecule has 0 aliphatic heterocycles. The number of nitrogens with two attached hydrogens (primary N) is 1. The minimum Gasteiger partial charge on any atom is -0.381 e. The van der Waals surface area contributed by atoms with Crippen molar-refractivity contribution in [3.8, 4) is 0 Å². The Balaban J connectivity index is 2.00. The average molecular weight is 302 g/mol. The second-order valence-electron chi connectivity index (χ2n) is 5.27. The van der Waals surface area contributed by atoms with E-state index in [9.17, 15) is 8.42 Å². The highest BCUT2D eigenvalue weighted by molar-refractivity contribution is 7.89. The van der Waals surface area contributed by atoms with E-state index in [1.165, 1.54) is 28.9 Å². The maximum Gasteiger partial charge on any atom is 0.248 e. The van der Waals surface area contributed by atoms with E-state index in [-0.39, 0.29) is 10.7 Å². The van der Waals surface area contributed by atoms with Crippen molar-refractivity contribution in [2.75, 3.05) is 32.5 Å². The number of nitrogen functional groups attached to an aromatic ring is 1. The number of rotatable bonds is 7. The number of hydrogen-bond acceptors (Lipinski definition) is 5. The number of sulfonamides is 1. The summed E-state index contributed by atoms with van der Waals surface area (Å²) in [5.41, 5.74) is 6.24. The Morgan fingerprint density at radius 2 is 2.15 bits per heavy atom. The van der Waals surface area contributed by atoms with Gasteiger partial charge >= 0.3 is 0 Å². The molecule has 2 rings (SSSR count). The van der Waals surface area contributed by atoms with Crippen LogP contribution in [0.4, 0.5) is 5.82 Å². The average Bonchev–Trinajstić information content (AvgIpc) is 3.13. The van der Waals surface area contributed by atoms with Gasteiger partial charge in [-0.3, -0.25) is 4.68 Å². The predicted octanol–water partition coefficient (Wildman–Crippen LogP) is 0.358. The number of anilines is 1. The minimum absolute atomic E-state index is 0.0377. The third-order valence-electron chi connectivity index (χ3n) is 3.57. The number of likely N-dealkylation sites (N-methyl/N-ethyl adjacent to an activating group) is 1. The van der Waals surface area contributed by atoms with Crippen LogP contribution in [0.15, 0.2) is 4.90 Å². The van der Waals surface area contributed by atoms with Gasteiger partial charge in [-0.15, -0.1) is 0 Å². The fraction of sp³-hybridized carbons (Fsp3) is 0.750. The number of nitrogens with zero attached hydrogens (tertiary/aromatic N) is 3. The first-order valence-corrected chi connectivity index (χ1v) is 8.11. The Morgan fingerprint density at radius 1 is 1.50 bits per heavy atom. The lowest BCUT2D eigenvalue weighted by molar-refractivity contribution is 0.117. The van der Waals surface area contributed by atoms with Crippen LogP contribution in [0.1, 0.15) is 18.5 Å². The van der Waals surface area contributed by atoms with Gasteiger partial charge in [0.05, 0.1) is 12.3 Å². The van der Waals surface area contributed by atoms with Crippen LogP contribution in [0.2, 0.25) is 0 Å². The van der Waals surface area contributed by atoms with Crippen molar-refractivity contribution in [2.45, 2.75) is 24.7 Å². The highest BCUT2D eigenvalue weighted by atomic mass is 32.2. The third kappa shape index (κ3) is 3.13. The summed E-state index contributed by atoms with van der Waals surface area (Å²) in [6.45, 7) is 3.11. The second kappa shape index (κ2) is 5.71. The molecule has 8 heteroatoms. The molecule has 0 bridgehead atoms. The standard InChI is InChI=1S/C12H22N4O3S/c1-9-11(12(13)14-16(9)3)20(17,18)15(2)6-7-19-8-10-4-5-10/h10H,4-8H2,1-3H3,(H2,13,14). The number of aryl methyl sites for hydroxylation is 1. The fourth-order valence-corrected chi connectivity index (χ4v) is 3.37. The monoisotopic (exact) mass is 302 g/mol. The first-order valence-electron chi connectivity index (χ1n) is 6.67. The Bertz CT molecular complexity index is 578. The van der Waals surface area contributed by atoms with Crippen LogP contribution in [0.3, 0.4) is 0 Å². The van der Waals surface area contributed by atoms with Crippen LogP contribution in [-0.4, -0.2) is 49.3 Å². The van der Waals surface area contributed by atoms with Crippen molar-refractivity contribution in [3.05, 3.63) is 5.69 Å². The van der Waals surface area contributed by atoms with E-state index in [2.05, 4.69) is 5.10 Å². The summed E-state index contributed by atoms with van der Waals surface area (Å²) in [4.78, 5) is 0.0877. The van der Waals surface area contributed by atoms with Gasteiger partial charge in [-0.25, -0.2) is 8.42 Å². The zero-order valence-electron chi connectivity index (χ0n) is 12.2. The predicted molar refractivity (Wildman–Crippen MR) is 75.7 cm³/mol. The fourth-order valence-electron chi connectivity index (χ4n) is 1.94. The lowest BCUT2D eigenvalue weighted by Gasteiger charge is -2.17. The van der Waals surface area contributed by atoms with Crippen LogP contribution >= 0.6 is 0 Å². The highest BCUT2D eigenvalue weighted by Gasteiger charge is 2.28. The largest absolute Gasteiger partial charge is 0.381 e. The summed E-state index contributed by atoms with van der Waals surface area (Å²) in [5, 5.41) is 3.94. The number of ether oxygens (including phenoxy) is 1. The molecule has 0 atom stereocenters. The van der Waals surface area contributed by atoms with Gasteiger partial charge in [0, 0.05) is 27.2 Å². The molecule has 1 saturated carbocycles. The molecular formula is C12H22N4O3S. The van der Waals surface area contributed by atoms with Gasteiger partial charge in [0.15, 0.2) is 5.82 Å². The van der Waals surface area contributed by atoms with Crippen molar-refractivity contribution < 1.29 is 13.2 Å². The van der Waals surface area contributed by atoms with Crippen molar-refractivity contribution in [1.29, 1.82) is 0 Å². The molecule has 7 nitrogen and oxygen atoms in total. The molecule has 0 aromatic carbocycles. The number of aromatic nitrogens is 2. The van der Waals surface area contributed by atoms with Gasteiger partial charge in [0.1, 0.15) is 4.90 Å². The maximum atomic E-state index is 12.5. The van der Waals surface area contributed by atoms with Crippen LogP contribution < -0.4 is 5.73 Å². The summed E-state index contributed by atoms with van der Waals surface area (Å²) in [6, 6.07) is 0. The van der Waals surface area contributed by atoms with Gasteiger partial charge in [-0.05, 0) is 25.7 Å². The molecule has 1 aliphatic rings. The molecule has 0 unspecified atom stereocenters. The molecular weight excluding hydrogens is 280 g/mol. The molecule has 1 aromatic rings. The van der Waals surface area contributed by atoms with Crippen molar-refractivity contribution >= 4 is 15.8 Å². The molecule has 0 radical (unpaired) electrons. The van der Waals surface area contributed by atoms with E-state index < -0.39 is 10.0 Å². The van der Waals surface area contributed by atoms with E-state index in [1.807, 2.05) is 0 Å². The summed E-state index contributed by atoms with van der Waals surface area (Å²) in [7, 11) is -0.420. The molecule has 0 saturated heterocycles. The van der Waals surface area contributed by atoms with Crippen LogP contribution in [-0.2, 0) is 21.8 Å². The van der Waals surface area contributed by atoms with E-state index in [0.29, 0.717) is 24.8 Å². The van der Waals surface area contributed by atoms with Gasteiger partial charge in [0.25, 0.3) is 0 Å². The topological polar surface area (TPSA) is 90.4 Å². The summed E-state index contributed by atoms with van der Waals surface area (Å²) >= 11 is 0. The Hall–Kier alpha value is -1.12. The van der Waals surface area contributed by atoms with Gasteiger partial charge in [-0.1, -0.05) is 0 Å². The van der Waals surface area contributed by atoms with Gasteiger partial charge in [0.2, 0.25) is 10.0 Å². The van der Waals surface area contributed by atoms with E-state index >= 15 is 0 Å². The molecule has 1 aromatic heterocycles. The van der Waals surface area contributed by atoms with Crippen LogP contribution in [0.5, 0.6) is 0 Å². The highest BCUT2D eigenvalue weighted by Crippen LogP contribution is 2.28. The lowest BCUT2D eigenvalue weighted by atomic mass is 10.5. The quantitative estimate of drug-likeness (QED) is 0.734. The van der Waals surface area contributed by atoms with Crippen molar-refractivity contribution in [3.63, 3.8) is 0 Å². The molecule has 1 aliphatic carbocycles. The molecule has 114 valence electrons. The Morgan fingerprint density at radius 3 is 2.65 bits per heavy atom. The minimum atomic E-state index is -3.62. The molecule has 20 heavy (non-hydrogen) atoms. The first kappa shape index (κ1) is 15.3. The van der Waals surface area contributed by atoms with Gasteiger partial charge < -0.3 is 10.5 Å².